The van der Waals surface area contributed by atoms with Crippen molar-refractivity contribution in [1.82, 2.24) is 4.90 Å². The van der Waals surface area contributed by atoms with Crippen LogP contribution in [0.25, 0.3) is 0 Å². The van der Waals surface area contributed by atoms with Crippen LogP contribution in [0, 0.1) is 0 Å². The first-order chi connectivity index (χ1) is 7.38. The lowest BCUT2D eigenvalue weighted by atomic mass is 10.1. The van der Waals surface area contributed by atoms with Crippen LogP contribution in [0.1, 0.15) is 44.9 Å². The minimum absolute atomic E-state index is 0.351. The molecule has 0 aliphatic carbocycles. The highest BCUT2D eigenvalue weighted by Gasteiger charge is 2.22. The standard InChI is InChI=1S/C12H25NOS/c14-10-5-7-12-6-4-9-13(12)8-2-1-3-11-15/h12,14-15H,1-11H2. The van der Waals surface area contributed by atoms with E-state index in [-0.39, 0.29) is 0 Å². The van der Waals surface area contributed by atoms with Crippen LogP contribution in [0.15, 0.2) is 0 Å². The maximum Gasteiger partial charge on any atom is 0.0431 e. The van der Waals surface area contributed by atoms with Crippen LogP contribution >= 0.6 is 12.6 Å². The molecular formula is C12H25NOS. The average Bonchev–Trinajstić information content (AvgIpc) is 2.69. The molecule has 15 heavy (non-hydrogen) atoms. The highest BCUT2D eigenvalue weighted by Crippen LogP contribution is 2.21. The molecule has 1 aliphatic heterocycles. The molecule has 1 unspecified atom stereocenters. The minimum atomic E-state index is 0.351. The molecule has 0 aromatic carbocycles. The first-order valence-electron chi connectivity index (χ1n) is 6.34. The molecule has 0 bridgehead atoms. The molecule has 1 heterocycles. The number of unbranched alkanes of at least 4 members (excludes halogenated alkanes) is 2. The maximum atomic E-state index is 8.83. The van der Waals surface area contributed by atoms with E-state index in [2.05, 4.69) is 17.5 Å². The summed E-state index contributed by atoms with van der Waals surface area (Å²) in [6.45, 7) is 2.88. The van der Waals surface area contributed by atoms with Crippen LogP contribution in [-0.2, 0) is 0 Å². The van der Waals surface area contributed by atoms with Crippen molar-refractivity contribution in [2.24, 2.45) is 0 Å². The second-order valence-electron chi connectivity index (χ2n) is 4.48. The van der Waals surface area contributed by atoms with E-state index in [1.807, 2.05) is 0 Å². The lowest BCUT2D eigenvalue weighted by Crippen LogP contribution is -2.30. The molecule has 0 radical (unpaired) electrons. The fourth-order valence-corrected chi connectivity index (χ4v) is 2.67. The van der Waals surface area contributed by atoms with Crippen molar-refractivity contribution in [1.29, 1.82) is 0 Å². The van der Waals surface area contributed by atoms with Crippen LogP contribution in [0.4, 0.5) is 0 Å². The summed E-state index contributed by atoms with van der Waals surface area (Å²) < 4.78 is 0. The zero-order valence-electron chi connectivity index (χ0n) is 9.70. The van der Waals surface area contributed by atoms with Gasteiger partial charge in [-0.15, -0.1) is 0 Å². The molecule has 1 aliphatic rings. The van der Waals surface area contributed by atoms with E-state index >= 15 is 0 Å². The molecule has 1 rings (SSSR count). The molecular weight excluding hydrogens is 206 g/mol. The molecule has 0 aromatic rings. The van der Waals surface area contributed by atoms with Gasteiger partial charge in [-0.2, -0.15) is 12.6 Å². The fourth-order valence-electron chi connectivity index (χ4n) is 2.45. The highest BCUT2D eigenvalue weighted by molar-refractivity contribution is 7.80. The van der Waals surface area contributed by atoms with Gasteiger partial charge < -0.3 is 10.0 Å². The topological polar surface area (TPSA) is 23.5 Å². The molecule has 1 atom stereocenters. The van der Waals surface area contributed by atoms with Gasteiger partial charge in [0.05, 0.1) is 0 Å². The molecule has 0 spiro atoms. The number of rotatable bonds is 8. The largest absolute Gasteiger partial charge is 0.396 e. The highest BCUT2D eigenvalue weighted by atomic mass is 32.1. The van der Waals surface area contributed by atoms with E-state index in [4.69, 9.17) is 5.11 Å². The van der Waals surface area contributed by atoms with E-state index in [1.165, 1.54) is 51.6 Å². The van der Waals surface area contributed by atoms with Crippen molar-refractivity contribution in [2.75, 3.05) is 25.4 Å². The predicted octanol–water partition coefficient (Wildman–Crippen LogP) is 2.32. The Labute approximate surface area is 99.5 Å². The molecule has 1 N–H and O–H groups in total. The van der Waals surface area contributed by atoms with Gasteiger partial charge in [0, 0.05) is 12.6 Å². The zero-order valence-corrected chi connectivity index (χ0v) is 10.6. The summed E-state index contributed by atoms with van der Waals surface area (Å²) in [5.74, 6) is 1.02. The van der Waals surface area contributed by atoms with Crippen LogP contribution in [0.5, 0.6) is 0 Å². The molecule has 0 aromatic heterocycles. The van der Waals surface area contributed by atoms with Gasteiger partial charge in [0.1, 0.15) is 0 Å². The van der Waals surface area contributed by atoms with E-state index in [0.29, 0.717) is 6.61 Å². The van der Waals surface area contributed by atoms with Crippen molar-refractivity contribution >= 4 is 12.6 Å². The van der Waals surface area contributed by atoms with Gasteiger partial charge in [-0.05, 0) is 57.4 Å². The van der Waals surface area contributed by atoms with Crippen molar-refractivity contribution < 1.29 is 5.11 Å². The Bertz CT molecular complexity index is 155. The Morgan fingerprint density at radius 3 is 2.80 bits per heavy atom. The summed E-state index contributed by atoms with van der Waals surface area (Å²) in [6, 6.07) is 0.758. The van der Waals surface area contributed by atoms with E-state index in [1.54, 1.807) is 0 Å². The number of thiol groups is 1. The number of hydrogen-bond acceptors (Lipinski definition) is 3. The summed E-state index contributed by atoms with van der Waals surface area (Å²) in [5.41, 5.74) is 0. The average molecular weight is 231 g/mol. The van der Waals surface area contributed by atoms with Gasteiger partial charge in [-0.1, -0.05) is 6.42 Å². The van der Waals surface area contributed by atoms with Crippen molar-refractivity contribution in [3.63, 3.8) is 0 Å². The summed E-state index contributed by atoms with van der Waals surface area (Å²) in [6.07, 6.45) is 8.72. The minimum Gasteiger partial charge on any atom is -0.396 e. The van der Waals surface area contributed by atoms with Crippen molar-refractivity contribution in [3.05, 3.63) is 0 Å². The van der Waals surface area contributed by atoms with Crippen molar-refractivity contribution in [2.45, 2.75) is 51.0 Å². The van der Waals surface area contributed by atoms with Gasteiger partial charge in [0.2, 0.25) is 0 Å². The molecule has 90 valence electrons. The fraction of sp³-hybridized carbons (Fsp3) is 1.00. The quantitative estimate of drug-likeness (QED) is 0.495. The number of nitrogens with zero attached hydrogens (tertiary/aromatic N) is 1. The molecule has 2 nitrogen and oxygen atoms in total. The number of hydrogen-bond donors (Lipinski definition) is 2. The first kappa shape index (κ1) is 13.3. The van der Waals surface area contributed by atoms with Crippen LogP contribution in [0.3, 0.4) is 0 Å². The Balaban J connectivity index is 2.09. The van der Waals surface area contributed by atoms with Gasteiger partial charge in [-0.25, -0.2) is 0 Å². The monoisotopic (exact) mass is 231 g/mol. The van der Waals surface area contributed by atoms with Crippen LogP contribution in [0.2, 0.25) is 0 Å². The van der Waals surface area contributed by atoms with Crippen molar-refractivity contribution in [3.8, 4) is 0 Å². The Kier molecular flexibility index (Phi) is 7.49. The predicted molar refractivity (Wildman–Crippen MR) is 68.6 cm³/mol. The van der Waals surface area contributed by atoms with Gasteiger partial charge in [0.15, 0.2) is 0 Å². The Hall–Kier alpha value is 0.270. The van der Waals surface area contributed by atoms with Gasteiger partial charge in [-0.3, -0.25) is 0 Å². The first-order valence-corrected chi connectivity index (χ1v) is 6.97. The normalized spacial score (nSPS) is 22.4. The van der Waals surface area contributed by atoms with E-state index < -0.39 is 0 Å². The SMILES string of the molecule is OCCCC1CCCN1CCCCCS. The summed E-state index contributed by atoms with van der Waals surface area (Å²) in [5, 5.41) is 8.83. The van der Waals surface area contributed by atoms with Crippen LogP contribution < -0.4 is 0 Å². The van der Waals surface area contributed by atoms with Crippen LogP contribution in [-0.4, -0.2) is 41.5 Å². The number of likely N-dealkylation sites (tertiary alicyclic amines) is 1. The third-order valence-corrected chi connectivity index (χ3v) is 3.61. The number of aliphatic hydroxyl groups excluding tert-OH is 1. The van der Waals surface area contributed by atoms with Gasteiger partial charge >= 0.3 is 0 Å². The molecule has 1 fully saturated rings. The van der Waals surface area contributed by atoms with E-state index in [0.717, 1.165) is 18.2 Å². The van der Waals surface area contributed by atoms with Gasteiger partial charge in [0.25, 0.3) is 0 Å². The third-order valence-electron chi connectivity index (χ3n) is 3.30. The molecule has 0 saturated carbocycles. The smallest absolute Gasteiger partial charge is 0.0431 e. The second kappa shape index (κ2) is 8.43. The molecule has 1 saturated heterocycles. The summed E-state index contributed by atoms with van der Waals surface area (Å²) >= 11 is 4.23. The number of aliphatic hydroxyl groups is 1. The maximum absolute atomic E-state index is 8.83. The lowest BCUT2D eigenvalue weighted by molar-refractivity contribution is 0.213. The molecule has 0 amide bonds. The Morgan fingerprint density at radius 2 is 2.07 bits per heavy atom. The second-order valence-corrected chi connectivity index (χ2v) is 4.93. The summed E-state index contributed by atoms with van der Waals surface area (Å²) in [7, 11) is 0. The zero-order chi connectivity index (χ0) is 10.9. The third kappa shape index (κ3) is 5.23. The molecule has 3 heteroatoms. The Morgan fingerprint density at radius 1 is 1.20 bits per heavy atom. The lowest BCUT2D eigenvalue weighted by Gasteiger charge is -2.24. The summed E-state index contributed by atoms with van der Waals surface area (Å²) in [4.78, 5) is 2.62. The van der Waals surface area contributed by atoms with E-state index in [9.17, 15) is 0 Å².